The topological polar surface area (TPSA) is 75.4 Å². The van der Waals surface area contributed by atoms with Crippen molar-refractivity contribution in [3.63, 3.8) is 0 Å². The fraction of sp³-hybridized carbons (Fsp3) is 0.261. The maximum Gasteiger partial charge on any atom is 0.224 e. The first-order valence-corrected chi connectivity index (χ1v) is 9.94. The number of amides is 2. The first-order chi connectivity index (χ1) is 14.6. The third-order valence-corrected chi connectivity index (χ3v) is 5.00. The number of likely N-dealkylation sites (tertiary alicyclic amines) is 1. The predicted molar refractivity (Wildman–Crippen MR) is 110 cm³/mol. The lowest BCUT2D eigenvalue weighted by molar-refractivity contribution is -0.128. The Morgan fingerprint density at radius 1 is 1.20 bits per heavy atom. The molecule has 1 fully saturated rings. The van der Waals surface area contributed by atoms with Crippen LogP contribution in [0.2, 0.25) is 0 Å². The molecular formula is C23H22FN3O3. The van der Waals surface area contributed by atoms with Gasteiger partial charge in [-0.15, -0.1) is 0 Å². The van der Waals surface area contributed by atoms with Crippen LogP contribution in [-0.4, -0.2) is 28.2 Å². The average molecular weight is 407 g/mol. The molecule has 2 amide bonds. The smallest absolute Gasteiger partial charge is 0.224 e. The number of aromatic nitrogens is 1. The minimum absolute atomic E-state index is 0.147. The van der Waals surface area contributed by atoms with Gasteiger partial charge in [0, 0.05) is 43.6 Å². The number of benzene rings is 2. The standard InChI is InChI=1S/C23H22FN3O3/c24-18-8-6-17(7-9-18)20-14-25-22(30-20)11-10-21(28)26-19-4-1-3-16(13-19)15-27-12-2-5-23(27)29/h1,3-4,6-9,13-14H,2,5,10-12,15H2,(H,26,28). The highest BCUT2D eigenvalue weighted by molar-refractivity contribution is 5.90. The van der Waals surface area contributed by atoms with Gasteiger partial charge in [0.25, 0.3) is 0 Å². The number of carbonyl (C=O) groups is 2. The second kappa shape index (κ2) is 8.90. The van der Waals surface area contributed by atoms with Crippen molar-refractivity contribution in [2.75, 3.05) is 11.9 Å². The first-order valence-electron chi connectivity index (χ1n) is 9.94. The van der Waals surface area contributed by atoms with Crippen LogP contribution in [0, 0.1) is 5.82 Å². The van der Waals surface area contributed by atoms with Crippen LogP contribution in [0.5, 0.6) is 0 Å². The number of nitrogens with zero attached hydrogens (tertiary/aromatic N) is 2. The van der Waals surface area contributed by atoms with Gasteiger partial charge in [-0.25, -0.2) is 9.37 Å². The van der Waals surface area contributed by atoms with Crippen LogP contribution < -0.4 is 5.32 Å². The number of halogens is 1. The second-order valence-corrected chi connectivity index (χ2v) is 7.29. The highest BCUT2D eigenvalue weighted by atomic mass is 19.1. The van der Waals surface area contributed by atoms with E-state index in [1.807, 2.05) is 29.2 Å². The van der Waals surface area contributed by atoms with Crippen LogP contribution in [0.1, 0.15) is 30.7 Å². The van der Waals surface area contributed by atoms with E-state index in [9.17, 15) is 14.0 Å². The maximum absolute atomic E-state index is 13.0. The lowest BCUT2D eigenvalue weighted by atomic mass is 10.2. The van der Waals surface area contributed by atoms with Crippen molar-refractivity contribution in [2.45, 2.75) is 32.2 Å². The Balaban J connectivity index is 1.30. The number of nitrogens with one attached hydrogen (secondary N) is 1. The Morgan fingerprint density at radius 2 is 2.03 bits per heavy atom. The fourth-order valence-electron chi connectivity index (χ4n) is 3.46. The summed E-state index contributed by atoms with van der Waals surface area (Å²) >= 11 is 0. The van der Waals surface area contributed by atoms with E-state index < -0.39 is 0 Å². The number of rotatable bonds is 7. The minimum atomic E-state index is -0.314. The Kier molecular flexibility index (Phi) is 5.88. The summed E-state index contributed by atoms with van der Waals surface area (Å²) in [6.07, 6.45) is 3.66. The van der Waals surface area contributed by atoms with Crippen molar-refractivity contribution in [1.82, 2.24) is 9.88 Å². The van der Waals surface area contributed by atoms with Gasteiger partial charge in [-0.05, 0) is 48.4 Å². The zero-order chi connectivity index (χ0) is 20.9. The van der Waals surface area contributed by atoms with Crippen molar-refractivity contribution in [3.8, 4) is 11.3 Å². The Hall–Kier alpha value is -3.48. The number of anilines is 1. The van der Waals surface area contributed by atoms with Gasteiger partial charge in [0.1, 0.15) is 5.82 Å². The molecule has 30 heavy (non-hydrogen) atoms. The summed E-state index contributed by atoms with van der Waals surface area (Å²) < 4.78 is 18.7. The van der Waals surface area contributed by atoms with Crippen LogP contribution >= 0.6 is 0 Å². The molecule has 1 aromatic heterocycles. The minimum Gasteiger partial charge on any atom is -0.441 e. The van der Waals surface area contributed by atoms with Gasteiger partial charge in [-0.3, -0.25) is 9.59 Å². The summed E-state index contributed by atoms with van der Waals surface area (Å²) in [6, 6.07) is 13.5. The molecule has 6 nitrogen and oxygen atoms in total. The van der Waals surface area contributed by atoms with Crippen molar-refractivity contribution in [1.29, 1.82) is 0 Å². The van der Waals surface area contributed by atoms with Crippen LogP contribution in [-0.2, 0) is 22.6 Å². The van der Waals surface area contributed by atoms with E-state index in [1.54, 1.807) is 18.3 Å². The number of oxazole rings is 1. The fourth-order valence-corrected chi connectivity index (χ4v) is 3.46. The van der Waals surface area contributed by atoms with Crippen molar-refractivity contribution in [3.05, 3.63) is 72.0 Å². The van der Waals surface area contributed by atoms with Crippen molar-refractivity contribution in [2.24, 2.45) is 0 Å². The van der Waals surface area contributed by atoms with E-state index >= 15 is 0 Å². The molecular weight excluding hydrogens is 385 g/mol. The lowest BCUT2D eigenvalue weighted by Gasteiger charge is -2.16. The van der Waals surface area contributed by atoms with E-state index in [0.717, 1.165) is 24.1 Å². The second-order valence-electron chi connectivity index (χ2n) is 7.29. The highest BCUT2D eigenvalue weighted by Crippen LogP contribution is 2.21. The maximum atomic E-state index is 13.0. The molecule has 0 atom stereocenters. The molecule has 4 rings (SSSR count). The van der Waals surface area contributed by atoms with E-state index in [-0.39, 0.29) is 24.1 Å². The van der Waals surface area contributed by atoms with Gasteiger partial charge in [-0.2, -0.15) is 0 Å². The molecule has 0 saturated carbocycles. The Morgan fingerprint density at radius 3 is 2.80 bits per heavy atom. The zero-order valence-electron chi connectivity index (χ0n) is 16.4. The molecule has 154 valence electrons. The summed E-state index contributed by atoms with van der Waals surface area (Å²) in [5.41, 5.74) is 2.41. The van der Waals surface area contributed by atoms with E-state index in [1.165, 1.54) is 12.1 Å². The molecule has 0 unspecified atom stereocenters. The number of aryl methyl sites for hydroxylation is 1. The quantitative estimate of drug-likeness (QED) is 0.638. The van der Waals surface area contributed by atoms with Crippen molar-refractivity contribution >= 4 is 17.5 Å². The summed E-state index contributed by atoms with van der Waals surface area (Å²) in [4.78, 5) is 30.1. The number of carbonyl (C=O) groups excluding carboxylic acids is 2. The number of hydrogen-bond donors (Lipinski definition) is 1. The van der Waals surface area contributed by atoms with Crippen LogP contribution in [0.15, 0.2) is 59.1 Å². The van der Waals surface area contributed by atoms with Gasteiger partial charge in [0.15, 0.2) is 11.7 Å². The number of hydrogen-bond acceptors (Lipinski definition) is 4. The molecule has 2 heterocycles. The molecule has 2 aromatic carbocycles. The predicted octanol–water partition coefficient (Wildman–Crippen LogP) is 4.17. The monoisotopic (exact) mass is 407 g/mol. The molecule has 3 aromatic rings. The van der Waals surface area contributed by atoms with Gasteiger partial charge in [0.05, 0.1) is 6.20 Å². The molecule has 1 aliphatic heterocycles. The molecule has 0 radical (unpaired) electrons. The van der Waals surface area contributed by atoms with Crippen LogP contribution in [0.3, 0.4) is 0 Å². The van der Waals surface area contributed by atoms with E-state index in [0.29, 0.717) is 36.7 Å². The normalized spacial score (nSPS) is 13.6. The van der Waals surface area contributed by atoms with E-state index in [2.05, 4.69) is 10.3 Å². The molecule has 1 aliphatic rings. The molecule has 0 spiro atoms. The Bertz CT molecular complexity index is 1050. The highest BCUT2D eigenvalue weighted by Gasteiger charge is 2.20. The third-order valence-electron chi connectivity index (χ3n) is 5.00. The average Bonchev–Trinajstić information content (AvgIpc) is 3.37. The third kappa shape index (κ3) is 4.92. The summed E-state index contributed by atoms with van der Waals surface area (Å²) in [7, 11) is 0. The summed E-state index contributed by atoms with van der Waals surface area (Å²) in [5.74, 6) is 0.702. The molecule has 0 aliphatic carbocycles. The molecule has 1 saturated heterocycles. The van der Waals surface area contributed by atoms with Gasteiger partial charge >= 0.3 is 0 Å². The van der Waals surface area contributed by atoms with Crippen molar-refractivity contribution < 1.29 is 18.4 Å². The van der Waals surface area contributed by atoms with Gasteiger partial charge in [0.2, 0.25) is 11.8 Å². The van der Waals surface area contributed by atoms with Gasteiger partial charge in [-0.1, -0.05) is 12.1 Å². The molecule has 0 bridgehead atoms. The molecule has 1 N–H and O–H groups in total. The van der Waals surface area contributed by atoms with E-state index in [4.69, 9.17) is 4.42 Å². The lowest BCUT2D eigenvalue weighted by Crippen LogP contribution is -2.23. The van der Waals surface area contributed by atoms with Gasteiger partial charge < -0.3 is 14.6 Å². The Labute approximate surface area is 173 Å². The first kappa shape index (κ1) is 19.8. The summed E-state index contributed by atoms with van der Waals surface area (Å²) in [6.45, 7) is 1.34. The zero-order valence-corrected chi connectivity index (χ0v) is 16.4. The SMILES string of the molecule is O=C(CCc1ncc(-c2ccc(F)cc2)o1)Nc1cccc(CN2CCCC2=O)c1. The summed E-state index contributed by atoms with van der Waals surface area (Å²) in [5, 5.41) is 2.88. The largest absolute Gasteiger partial charge is 0.441 e. The van der Waals surface area contributed by atoms with Crippen LogP contribution in [0.25, 0.3) is 11.3 Å². The molecule has 7 heteroatoms. The van der Waals surface area contributed by atoms with Crippen LogP contribution in [0.4, 0.5) is 10.1 Å².